The number of cyclic esters (lactones) is 1. The Morgan fingerprint density at radius 2 is 2.35 bits per heavy atom. The molecule has 0 bridgehead atoms. The Kier molecular flexibility index (Phi) is 3.23. The highest BCUT2D eigenvalue weighted by Crippen LogP contribution is 2.41. The maximum absolute atomic E-state index is 12.1. The van der Waals surface area contributed by atoms with Gasteiger partial charge in [-0.3, -0.25) is 0 Å². The second-order valence-corrected chi connectivity index (χ2v) is 5.14. The third kappa shape index (κ3) is 1.68. The number of hydrogen-bond acceptors (Lipinski definition) is 7. The molecule has 1 aromatic heterocycles. The van der Waals surface area contributed by atoms with E-state index in [0.29, 0.717) is 0 Å². The summed E-state index contributed by atoms with van der Waals surface area (Å²) in [4.78, 5) is 12.1. The lowest BCUT2D eigenvalue weighted by Crippen LogP contribution is -2.53. The molecular weight excluding hydrogens is 266 g/mol. The highest BCUT2D eigenvalue weighted by atomic mass is 16.7. The SMILES string of the molecule is CCCCc1cn([C@]23C(=O)OC[C@H]2OC(O)[C@H]3O)nn1. The third-order valence-corrected chi connectivity index (χ3v) is 3.91. The van der Waals surface area contributed by atoms with E-state index in [1.807, 2.05) is 0 Å². The van der Waals surface area contributed by atoms with Crippen LogP contribution < -0.4 is 0 Å². The lowest BCUT2D eigenvalue weighted by molar-refractivity contribution is -0.161. The van der Waals surface area contributed by atoms with Crippen LogP contribution >= 0.6 is 0 Å². The molecule has 2 aliphatic rings. The Morgan fingerprint density at radius 1 is 1.55 bits per heavy atom. The summed E-state index contributed by atoms with van der Waals surface area (Å²) in [6, 6.07) is 0. The lowest BCUT2D eigenvalue weighted by Gasteiger charge is -2.25. The molecule has 110 valence electrons. The maximum atomic E-state index is 12.1. The fourth-order valence-electron chi connectivity index (χ4n) is 2.77. The summed E-state index contributed by atoms with van der Waals surface area (Å²) >= 11 is 0. The van der Waals surface area contributed by atoms with Gasteiger partial charge in [0.05, 0.1) is 11.9 Å². The molecule has 4 atom stereocenters. The lowest BCUT2D eigenvalue weighted by atomic mass is 9.90. The second-order valence-electron chi connectivity index (χ2n) is 5.14. The Morgan fingerprint density at radius 3 is 3.10 bits per heavy atom. The predicted molar refractivity (Wildman–Crippen MR) is 64.5 cm³/mol. The molecular formula is C12H17N3O5. The number of rotatable bonds is 4. The van der Waals surface area contributed by atoms with Crippen LogP contribution in [-0.4, -0.2) is 56.3 Å². The zero-order valence-electron chi connectivity index (χ0n) is 11.1. The number of esters is 1. The number of aliphatic hydroxyl groups excluding tert-OH is 2. The second kappa shape index (κ2) is 4.80. The average Bonchev–Trinajstić information content (AvgIpc) is 3.07. The topological polar surface area (TPSA) is 107 Å². The predicted octanol–water partition coefficient (Wildman–Crippen LogP) is -1.05. The van der Waals surface area contributed by atoms with Crippen molar-refractivity contribution in [3.05, 3.63) is 11.9 Å². The van der Waals surface area contributed by atoms with Gasteiger partial charge in [0.25, 0.3) is 0 Å². The first-order valence-corrected chi connectivity index (χ1v) is 6.71. The molecule has 2 aliphatic heterocycles. The van der Waals surface area contributed by atoms with Crippen LogP contribution in [0.3, 0.4) is 0 Å². The summed E-state index contributed by atoms with van der Waals surface area (Å²) in [7, 11) is 0. The zero-order chi connectivity index (χ0) is 14.3. The summed E-state index contributed by atoms with van der Waals surface area (Å²) in [5, 5.41) is 27.8. The van der Waals surface area contributed by atoms with Crippen LogP contribution in [0.5, 0.6) is 0 Å². The standard InChI is InChI=1S/C12H17N3O5/c1-2-3-4-7-5-15(14-13-7)12-8(6-19-11(12)18)20-10(17)9(12)16/h5,8-10,16-17H,2-4,6H2,1H3/t8-,9-,10?,12-/m1/s1. The van der Waals surface area contributed by atoms with E-state index in [4.69, 9.17) is 9.47 Å². The van der Waals surface area contributed by atoms with Crippen LogP contribution in [0.4, 0.5) is 0 Å². The molecule has 0 aromatic carbocycles. The fourth-order valence-corrected chi connectivity index (χ4v) is 2.77. The van der Waals surface area contributed by atoms with E-state index >= 15 is 0 Å². The molecule has 0 radical (unpaired) electrons. The molecule has 1 aromatic rings. The summed E-state index contributed by atoms with van der Waals surface area (Å²) in [6.45, 7) is 2.05. The molecule has 8 heteroatoms. The van der Waals surface area contributed by atoms with E-state index in [-0.39, 0.29) is 6.61 Å². The Labute approximate surface area is 115 Å². The van der Waals surface area contributed by atoms with Crippen molar-refractivity contribution in [3.63, 3.8) is 0 Å². The maximum Gasteiger partial charge on any atom is 0.340 e. The number of nitrogens with zero attached hydrogens (tertiary/aromatic N) is 3. The summed E-state index contributed by atoms with van der Waals surface area (Å²) in [5.74, 6) is -0.654. The molecule has 0 amide bonds. The first-order chi connectivity index (χ1) is 9.60. The van der Waals surface area contributed by atoms with Crippen LogP contribution in [0.2, 0.25) is 0 Å². The van der Waals surface area contributed by atoms with Gasteiger partial charge >= 0.3 is 5.97 Å². The van der Waals surface area contributed by atoms with Crippen molar-refractivity contribution < 1.29 is 24.5 Å². The Bertz CT molecular complexity index is 515. The molecule has 20 heavy (non-hydrogen) atoms. The van der Waals surface area contributed by atoms with E-state index in [1.165, 1.54) is 4.68 Å². The van der Waals surface area contributed by atoms with Gasteiger partial charge < -0.3 is 19.7 Å². The quantitative estimate of drug-likeness (QED) is 0.679. The fraction of sp³-hybridized carbons (Fsp3) is 0.750. The highest BCUT2D eigenvalue weighted by molar-refractivity contribution is 5.83. The van der Waals surface area contributed by atoms with E-state index in [2.05, 4.69) is 17.2 Å². The molecule has 3 rings (SSSR count). The molecule has 3 heterocycles. The number of carbonyl (C=O) groups is 1. The van der Waals surface area contributed by atoms with Gasteiger partial charge in [-0.05, 0) is 12.8 Å². The Hall–Kier alpha value is -1.51. The summed E-state index contributed by atoms with van der Waals surface area (Å²) in [6.07, 6.45) is 0.708. The molecule has 0 spiro atoms. The van der Waals surface area contributed by atoms with Crippen molar-refractivity contribution in [2.45, 2.75) is 50.2 Å². The Balaban J connectivity index is 1.96. The van der Waals surface area contributed by atoms with Crippen molar-refractivity contribution in [1.29, 1.82) is 0 Å². The van der Waals surface area contributed by atoms with Gasteiger partial charge in [-0.25, -0.2) is 9.48 Å². The largest absolute Gasteiger partial charge is 0.461 e. The zero-order valence-corrected chi connectivity index (χ0v) is 11.1. The van der Waals surface area contributed by atoms with Crippen molar-refractivity contribution in [2.24, 2.45) is 0 Å². The number of hydrogen-bond donors (Lipinski definition) is 2. The van der Waals surface area contributed by atoms with E-state index in [1.54, 1.807) is 6.20 Å². The van der Waals surface area contributed by atoms with Crippen LogP contribution in [0.1, 0.15) is 25.5 Å². The van der Waals surface area contributed by atoms with Gasteiger partial charge in [0.1, 0.15) is 18.8 Å². The van der Waals surface area contributed by atoms with Crippen molar-refractivity contribution >= 4 is 5.97 Å². The number of ether oxygens (including phenoxy) is 2. The monoisotopic (exact) mass is 283 g/mol. The normalized spacial score (nSPS) is 36.1. The molecule has 8 nitrogen and oxygen atoms in total. The number of unbranched alkanes of at least 4 members (excludes halogenated alkanes) is 1. The third-order valence-electron chi connectivity index (χ3n) is 3.91. The van der Waals surface area contributed by atoms with Crippen molar-refractivity contribution in [2.75, 3.05) is 6.61 Å². The first-order valence-electron chi connectivity index (χ1n) is 6.71. The summed E-state index contributed by atoms with van der Waals surface area (Å²) < 4.78 is 11.4. The highest BCUT2D eigenvalue weighted by Gasteiger charge is 2.68. The van der Waals surface area contributed by atoms with Crippen LogP contribution in [0.25, 0.3) is 0 Å². The van der Waals surface area contributed by atoms with Crippen molar-refractivity contribution in [1.82, 2.24) is 15.0 Å². The van der Waals surface area contributed by atoms with Crippen LogP contribution in [0, 0.1) is 0 Å². The smallest absolute Gasteiger partial charge is 0.340 e. The van der Waals surface area contributed by atoms with Crippen LogP contribution in [0.15, 0.2) is 6.20 Å². The van der Waals surface area contributed by atoms with Gasteiger partial charge in [-0.1, -0.05) is 18.6 Å². The van der Waals surface area contributed by atoms with E-state index in [9.17, 15) is 15.0 Å². The minimum atomic E-state index is -1.53. The average molecular weight is 283 g/mol. The van der Waals surface area contributed by atoms with Gasteiger partial charge in [0.2, 0.25) is 5.54 Å². The number of aromatic nitrogens is 3. The van der Waals surface area contributed by atoms with Crippen molar-refractivity contribution in [3.8, 4) is 0 Å². The minimum Gasteiger partial charge on any atom is -0.461 e. The van der Waals surface area contributed by atoms with E-state index < -0.39 is 30.0 Å². The molecule has 1 unspecified atom stereocenters. The molecule has 0 saturated carbocycles. The molecule has 2 N–H and O–H groups in total. The number of fused-ring (bicyclic) bond motifs is 1. The molecule has 0 aliphatic carbocycles. The van der Waals surface area contributed by atoms with E-state index in [0.717, 1.165) is 25.0 Å². The number of aryl methyl sites for hydroxylation is 1. The first kappa shape index (κ1) is 13.5. The van der Waals surface area contributed by atoms with Gasteiger partial charge in [0, 0.05) is 0 Å². The van der Waals surface area contributed by atoms with Gasteiger partial charge in [0.15, 0.2) is 6.29 Å². The van der Waals surface area contributed by atoms with Gasteiger partial charge in [-0.2, -0.15) is 0 Å². The number of aliphatic hydroxyl groups is 2. The van der Waals surface area contributed by atoms with Gasteiger partial charge in [-0.15, -0.1) is 5.10 Å². The minimum absolute atomic E-state index is 0.0168. The van der Waals surface area contributed by atoms with Crippen LogP contribution in [-0.2, 0) is 26.2 Å². The molecule has 2 fully saturated rings. The molecule has 2 saturated heterocycles. The summed E-state index contributed by atoms with van der Waals surface area (Å²) in [5.41, 5.74) is -0.801. The number of carbonyl (C=O) groups excluding carboxylic acids is 1.